The highest BCUT2D eigenvalue weighted by atomic mass is 16.6. The van der Waals surface area contributed by atoms with Crippen molar-refractivity contribution in [2.24, 2.45) is 5.73 Å². The zero-order valence-electron chi connectivity index (χ0n) is 16.1. The molecule has 0 bridgehead atoms. The first-order chi connectivity index (χ1) is 13.9. The van der Waals surface area contributed by atoms with Crippen molar-refractivity contribution in [3.05, 3.63) is 99.6 Å². The van der Waals surface area contributed by atoms with Gasteiger partial charge in [0.15, 0.2) is 0 Å². The second-order valence-electron chi connectivity index (χ2n) is 6.88. The molecule has 0 radical (unpaired) electrons. The lowest BCUT2D eigenvalue weighted by Crippen LogP contribution is -2.34. The highest BCUT2D eigenvalue weighted by Gasteiger charge is 2.20. The number of carbonyl (C=O) groups excluding carboxylic acids is 1. The topological polar surface area (TPSA) is 95.5 Å². The molecule has 0 aliphatic heterocycles. The second kappa shape index (κ2) is 9.12. The maximum Gasteiger partial charge on any atom is 0.323 e. The molecule has 0 spiro atoms. The summed E-state index contributed by atoms with van der Waals surface area (Å²) in [6.07, 6.45) is 0.155. The van der Waals surface area contributed by atoms with Gasteiger partial charge in [0, 0.05) is 6.07 Å². The number of hydrogen-bond donors (Lipinski definition) is 1. The van der Waals surface area contributed by atoms with Gasteiger partial charge >= 0.3 is 5.97 Å². The molecule has 3 rings (SSSR count). The summed E-state index contributed by atoms with van der Waals surface area (Å²) in [5, 5.41) is 11.6. The van der Waals surface area contributed by atoms with E-state index in [1.807, 2.05) is 61.5 Å². The molecule has 0 fully saturated rings. The van der Waals surface area contributed by atoms with Gasteiger partial charge < -0.3 is 10.5 Å². The van der Waals surface area contributed by atoms with E-state index in [-0.39, 0.29) is 18.7 Å². The first kappa shape index (κ1) is 20.2. The Hall–Kier alpha value is -3.51. The number of nitro benzene ring substituents is 1. The minimum Gasteiger partial charge on any atom is -0.460 e. The smallest absolute Gasteiger partial charge is 0.323 e. The molecule has 0 heterocycles. The zero-order valence-corrected chi connectivity index (χ0v) is 16.1. The lowest BCUT2D eigenvalue weighted by Gasteiger charge is -2.12. The molecule has 6 nitrogen and oxygen atoms in total. The first-order valence-electron chi connectivity index (χ1n) is 9.24. The van der Waals surface area contributed by atoms with Gasteiger partial charge in [-0.2, -0.15) is 0 Å². The van der Waals surface area contributed by atoms with Gasteiger partial charge in [-0.05, 0) is 36.1 Å². The minimum absolute atomic E-state index is 0.0174. The van der Waals surface area contributed by atoms with E-state index < -0.39 is 16.9 Å². The van der Waals surface area contributed by atoms with Crippen molar-refractivity contribution in [2.45, 2.75) is 26.0 Å². The van der Waals surface area contributed by atoms with Crippen molar-refractivity contribution in [3.63, 3.8) is 0 Å². The number of ether oxygens (including phenoxy) is 1. The van der Waals surface area contributed by atoms with Gasteiger partial charge in [0.05, 0.1) is 10.5 Å². The van der Waals surface area contributed by atoms with Crippen LogP contribution in [0.15, 0.2) is 72.8 Å². The van der Waals surface area contributed by atoms with Crippen LogP contribution in [0.2, 0.25) is 0 Å². The zero-order chi connectivity index (χ0) is 20.8. The Morgan fingerprint density at radius 1 is 1.03 bits per heavy atom. The average Bonchev–Trinajstić information content (AvgIpc) is 2.73. The van der Waals surface area contributed by atoms with E-state index in [4.69, 9.17) is 10.5 Å². The molecular weight excluding hydrogens is 368 g/mol. The van der Waals surface area contributed by atoms with Gasteiger partial charge in [-0.1, -0.05) is 66.2 Å². The molecule has 0 saturated carbocycles. The van der Waals surface area contributed by atoms with E-state index in [9.17, 15) is 14.9 Å². The molecule has 3 aromatic rings. The second-order valence-corrected chi connectivity index (χ2v) is 6.88. The number of benzene rings is 3. The number of nitro groups is 1. The van der Waals surface area contributed by atoms with Gasteiger partial charge in [0.1, 0.15) is 12.6 Å². The van der Waals surface area contributed by atoms with Crippen molar-refractivity contribution in [2.75, 3.05) is 0 Å². The Balaban J connectivity index is 1.71. The minimum atomic E-state index is -0.899. The monoisotopic (exact) mass is 390 g/mol. The van der Waals surface area contributed by atoms with Crippen molar-refractivity contribution in [3.8, 4) is 11.1 Å². The molecule has 0 aliphatic rings. The van der Waals surface area contributed by atoms with Gasteiger partial charge in [0.2, 0.25) is 0 Å². The van der Waals surface area contributed by atoms with Crippen LogP contribution in [0.4, 0.5) is 5.69 Å². The fourth-order valence-electron chi connectivity index (χ4n) is 3.01. The average molecular weight is 390 g/mol. The molecule has 29 heavy (non-hydrogen) atoms. The SMILES string of the molecule is Cc1ccc(-c2ccc(C[C@H](N)C(=O)OCc3ccccc3)cc2[N+](=O)[O-])cc1. The van der Waals surface area contributed by atoms with Crippen molar-refractivity contribution in [1.82, 2.24) is 0 Å². The van der Waals surface area contributed by atoms with Gasteiger partial charge in [-0.15, -0.1) is 0 Å². The van der Waals surface area contributed by atoms with Crippen LogP contribution in [-0.2, 0) is 22.6 Å². The number of nitrogens with zero attached hydrogens (tertiary/aromatic N) is 1. The summed E-state index contributed by atoms with van der Waals surface area (Å²) in [4.78, 5) is 23.3. The molecule has 1 atom stereocenters. The van der Waals surface area contributed by atoms with Crippen LogP contribution < -0.4 is 5.73 Å². The molecule has 0 aromatic heterocycles. The largest absolute Gasteiger partial charge is 0.460 e. The number of aryl methyl sites for hydroxylation is 1. The lowest BCUT2D eigenvalue weighted by atomic mass is 9.98. The molecule has 0 unspecified atom stereocenters. The summed E-state index contributed by atoms with van der Waals surface area (Å²) in [7, 11) is 0. The summed E-state index contributed by atoms with van der Waals surface area (Å²) in [5.74, 6) is -0.542. The predicted molar refractivity (Wildman–Crippen MR) is 111 cm³/mol. The Bertz CT molecular complexity index is 1000. The summed E-state index contributed by atoms with van der Waals surface area (Å²) in [6.45, 7) is 2.10. The van der Waals surface area contributed by atoms with Gasteiger partial charge in [0.25, 0.3) is 5.69 Å². The Kier molecular flexibility index (Phi) is 6.36. The van der Waals surface area contributed by atoms with Crippen LogP contribution in [0, 0.1) is 17.0 Å². The van der Waals surface area contributed by atoms with Crippen LogP contribution in [0.5, 0.6) is 0 Å². The molecule has 6 heteroatoms. The van der Waals surface area contributed by atoms with E-state index in [0.717, 1.165) is 16.7 Å². The van der Waals surface area contributed by atoms with Gasteiger partial charge in [-0.25, -0.2) is 0 Å². The third-order valence-electron chi connectivity index (χ3n) is 4.60. The number of nitrogens with two attached hydrogens (primary N) is 1. The maximum absolute atomic E-state index is 12.2. The van der Waals surface area contributed by atoms with Crippen LogP contribution >= 0.6 is 0 Å². The molecule has 3 aromatic carbocycles. The summed E-state index contributed by atoms with van der Waals surface area (Å²) in [6, 6.07) is 20.8. The normalized spacial score (nSPS) is 11.7. The fourth-order valence-corrected chi connectivity index (χ4v) is 3.01. The molecule has 0 saturated heterocycles. The molecule has 0 aliphatic carbocycles. The Labute approximate surface area is 169 Å². The number of carbonyl (C=O) groups is 1. The molecule has 0 amide bonds. The quantitative estimate of drug-likeness (QED) is 0.371. The maximum atomic E-state index is 12.2. The third kappa shape index (κ3) is 5.27. The van der Waals surface area contributed by atoms with E-state index >= 15 is 0 Å². The number of hydrogen-bond acceptors (Lipinski definition) is 5. The molecule has 148 valence electrons. The first-order valence-corrected chi connectivity index (χ1v) is 9.24. The molecule has 2 N–H and O–H groups in total. The molecular formula is C23H22N2O4. The van der Waals surface area contributed by atoms with Crippen molar-refractivity contribution >= 4 is 11.7 Å². The summed E-state index contributed by atoms with van der Waals surface area (Å²) >= 11 is 0. The van der Waals surface area contributed by atoms with E-state index in [2.05, 4.69) is 0 Å². The van der Waals surface area contributed by atoms with Gasteiger partial charge in [-0.3, -0.25) is 14.9 Å². The fraction of sp³-hybridized carbons (Fsp3) is 0.174. The van der Waals surface area contributed by atoms with E-state index in [1.54, 1.807) is 12.1 Å². The summed E-state index contributed by atoms with van der Waals surface area (Å²) < 4.78 is 5.25. The Morgan fingerprint density at radius 2 is 1.72 bits per heavy atom. The number of esters is 1. The standard InChI is InChI=1S/C23H22N2O4/c1-16-7-10-19(11-8-16)20-12-9-18(14-22(20)25(27)28)13-21(24)23(26)29-15-17-5-3-2-4-6-17/h2-12,14,21H,13,15,24H2,1H3/t21-/m0/s1. The van der Waals surface area contributed by atoms with Crippen LogP contribution in [0.3, 0.4) is 0 Å². The van der Waals surface area contributed by atoms with E-state index in [1.165, 1.54) is 6.07 Å². The van der Waals surface area contributed by atoms with E-state index in [0.29, 0.717) is 11.1 Å². The van der Waals surface area contributed by atoms with Crippen LogP contribution in [-0.4, -0.2) is 16.9 Å². The highest BCUT2D eigenvalue weighted by molar-refractivity contribution is 5.77. The number of rotatable bonds is 7. The summed E-state index contributed by atoms with van der Waals surface area (Å²) in [5.41, 5.74) is 9.79. The van der Waals surface area contributed by atoms with Crippen LogP contribution in [0.25, 0.3) is 11.1 Å². The van der Waals surface area contributed by atoms with Crippen molar-refractivity contribution < 1.29 is 14.5 Å². The third-order valence-corrected chi connectivity index (χ3v) is 4.60. The highest BCUT2D eigenvalue weighted by Crippen LogP contribution is 2.31. The predicted octanol–water partition coefficient (Wildman–Crippen LogP) is 4.18. The van der Waals surface area contributed by atoms with Crippen LogP contribution in [0.1, 0.15) is 16.7 Å². The van der Waals surface area contributed by atoms with Crippen molar-refractivity contribution in [1.29, 1.82) is 0 Å². The lowest BCUT2D eigenvalue weighted by molar-refractivity contribution is -0.384. The Morgan fingerprint density at radius 3 is 2.38 bits per heavy atom.